The number of rotatable bonds is 3. The number of para-hydroxylation sites is 1. The summed E-state index contributed by atoms with van der Waals surface area (Å²) in [6, 6.07) is 7.61. The number of hydrogen-bond acceptors (Lipinski definition) is 2. The Morgan fingerprint density at radius 2 is 2.12 bits per heavy atom. The molecule has 1 unspecified atom stereocenters. The van der Waals surface area contributed by atoms with Crippen LogP contribution in [0, 0.1) is 0 Å². The number of aliphatic hydroxyl groups is 1. The second-order valence-electron chi connectivity index (χ2n) is 3.83. The van der Waals surface area contributed by atoms with Crippen LogP contribution < -0.4 is 0 Å². The Bertz CT molecular complexity index is 530. The maximum absolute atomic E-state index is 10.6. The Balaban J connectivity index is 2.48. The van der Waals surface area contributed by atoms with Gasteiger partial charge in [-0.1, -0.05) is 18.2 Å². The number of carboxylic acid groups (broad SMARTS) is 1. The molecule has 1 aromatic heterocycles. The molecule has 1 aromatic carbocycles. The van der Waals surface area contributed by atoms with E-state index in [1.807, 2.05) is 35.9 Å². The molecule has 16 heavy (non-hydrogen) atoms. The Kier molecular flexibility index (Phi) is 2.66. The summed E-state index contributed by atoms with van der Waals surface area (Å²) >= 11 is 0. The van der Waals surface area contributed by atoms with Crippen molar-refractivity contribution in [1.82, 2.24) is 4.57 Å². The fraction of sp³-hybridized carbons (Fsp3) is 0.250. The minimum absolute atomic E-state index is 0.270. The summed E-state index contributed by atoms with van der Waals surface area (Å²) in [7, 11) is 1.87. The number of benzene rings is 1. The molecule has 0 aliphatic rings. The molecule has 0 spiro atoms. The van der Waals surface area contributed by atoms with E-state index in [0.717, 1.165) is 10.9 Å². The SMILES string of the molecule is Cn1cc(C(O)CC(=O)O)c2ccccc21. The number of hydrogen-bond donors (Lipinski definition) is 2. The van der Waals surface area contributed by atoms with E-state index >= 15 is 0 Å². The quantitative estimate of drug-likeness (QED) is 0.825. The summed E-state index contributed by atoms with van der Waals surface area (Å²) < 4.78 is 1.88. The van der Waals surface area contributed by atoms with Gasteiger partial charge in [0.2, 0.25) is 0 Å². The van der Waals surface area contributed by atoms with Crippen LogP contribution in [0.2, 0.25) is 0 Å². The highest BCUT2D eigenvalue weighted by Gasteiger charge is 2.16. The average Bonchev–Trinajstić information content (AvgIpc) is 2.56. The molecule has 2 N–H and O–H groups in total. The summed E-state index contributed by atoms with van der Waals surface area (Å²) in [5.41, 5.74) is 1.66. The minimum atomic E-state index is -1.000. The van der Waals surface area contributed by atoms with Gasteiger partial charge in [-0.25, -0.2) is 0 Å². The lowest BCUT2D eigenvalue weighted by Gasteiger charge is -2.05. The van der Waals surface area contributed by atoms with Crippen molar-refractivity contribution in [2.45, 2.75) is 12.5 Å². The number of aromatic nitrogens is 1. The zero-order valence-corrected chi connectivity index (χ0v) is 8.92. The van der Waals surface area contributed by atoms with Crippen molar-refractivity contribution in [3.8, 4) is 0 Å². The van der Waals surface area contributed by atoms with Crippen molar-refractivity contribution in [2.75, 3.05) is 0 Å². The molecule has 4 nitrogen and oxygen atoms in total. The summed E-state index contributed by atoms with van der Waals surface area (Å²) in [6.45, 7) is 0. The second-order valence-corrected chi connectivity index (χ2v) is 3.83. The Morgan fingerprint density at radius 1 is 1.44 bits per heavy atom. The molecule has 4 heteroatoms. The molecule has 1 atom stereocenters. The first-order chi connectivity index (χ1) is 7.59. The molecule has 0 aliphatic heterocycles. The van der Waals surface area contributed by atoms with Crippen molar-refractivity contribution >= 4 is 16.9 Å². The molecule has 0 radical (unpaired) electrons. The minimum Gasteiger partial charge on any atom is -0.481 e. The van der Waals surface area contributed by atoms with Crippen LogP contribution in [0.1, 0.15) is 18.1 Å². The number of carboxylic acids is 1. The summed E-state index contributed by atoms with van der Waals surface area (Å²) in [5.74, 6) is -1.000. The van der Waals surface area contributed by atoms with E-state index in [2.05, 4.69) is 0 Å². The van der Waals surface area contributed by atoms with Gasteiger partial charge in [0.15, 0.2) is 0 Å². The van der Waals surface area contributed by atoms with Gasteiger partial charge in [-0.15, -0.1) is 0 Å². The monoisotopic (exact) mass is 219 g/mol. The Morgan fingerprint density at radius 3 is 2.81 bits per heavy atom. The predicted octanol–water partition coefficient (Wildman–Crippen LogP) is 1.69. The van der Waals surface area contributed by atoms with Gasteiger partial charge < -0.3 is 14.8 Å². The van der Waals surface area contributed by atoms with E-state index in [0.29, 0.717) is 5.56 Å². The first kappa shape index (κ1) is 10.7. The molecule has 84 valence electrons. The van der Waals surface area contributed by atoms with Crippen LogP contribution in [0.5, 0.6) is 0 Å². The smallest absolute Gasteiger partial charge is 0.306 e. The van der Waals surface area contributed by atoms with Gasteiger partial charge in [0.05, 0.1) is 12.5 Å². The fourth-order valence-electron chi connectivity index (χ4n) is 1.91. The van der Waals surface area contributed by atoms with E-state index in [1.54, 1.807) is 6.20 Å². The molecule has 0 aliphatic carbocycles. The highest BCUT2D eigenvalue weighted by molar-refractivity contribution is 5.84. The Labute approximate surface area is 92.7 Å². The summed E-state index contributed by atoms with van der Waals surface area (Å²) in [4.78, 5) is 10.6. The van der Waals surface area contributed by atoms with Crippen molar-refractivity contribution in [2.24, 2.45) is 7.05 Å². The molecule has 0 amide bonds. The van der Waals surface area contributed by atoms with Gasteiger partial charge in [0, 0.05) is 29.7 Å². The van der Waals surface area contributed by atoms with Crippen LogP contribution in [0.4, 0.5) is 0 Å². The first-order valence-electron chi connectivity index (χ1n) is 5.03. The van der Waals surface area contributed by atoms with Gasteiger partial charge in [-0.2, -0.15) is 0 Å². The number of aliphatic carboxylic acids is 1. The zero-order chi connectivity index (χ0) is 11.7. The third kappa shape index (κ3) is 1.79. The van der Waals surface area contributed by atoms with Crippen LogP contribution in [-0.4, -0.2) is 20.7 Å². The molecule has 2 rings (SSSR count). The molecule has 1 heterocycles. The van der Waals surface area contributed by atoms with Crippen LogP contribution in [0.3, 0.4) is 0 Å². The first-order valence-corrected chi connectivity index (χ1v) is 5.03. The largest absolute Gasteiger partial charge is 0.481 e. The van der Waals surface area contributed by atoms with Crippen LogP contribution in [0.25, 0.3) is 10.9 Å². The Hall–Kier alpha value is -1.81. The molecular formula is C12H13NO3. The van der Waals surface area contributed by atoms with Gasteiger partial charge in [-0.05, 0) is 6.07 Å². The normalized spacial score (nSPS) is 12.9. The van der Waals surface area contributed by atoms with Crippen LogP contribution >= 0.6 is 0 Å². The van der Waals surface area contributed by atoms with Gasteiger partial charge >= 0.3 is 5.97 Å². The summed E-state index contributed by atoms with van der Waals surface area (Å²) in [5, 5.41) is 19.4. The lowest BCUT2D eigenvalue weighted by atomic mass is 10.1. The predicted molar refractivity (Wildman–Crippen MR) is 60.1 cm³/mol. The van der Waals surface area contributed by atoms with Gasteiger partial charge in [-0.3, -0.25) is 4.79 Å². The molecule has 2 aromatic rings. The number of aliphatic hydroxyl groups excluding tert-OH is 1. The van der Waals surface area contributed by atoms with Crippen molar-refractivity contribution < 1.29 is 15.0 Å². The zero-order valence-electron chi connectivity index (χ0n) is 8.92. The third-order valence-corrected chi connectivity index (χ3v) is 2.65. The maximum Gasteiger partial charge on any atom is 0.306 e. The molecule has 0 fully saturated rings. The van der Waals surface area contributed by atoms with E-state index in [9.17, 15) is 9.90 Å². The summed E-state index contributed by atoms with van der Waals surface area (Å²) in [6.07, 6.45) is 0.551. The lowest BCUT2D eigenvalue weighted by molar-refractivity contribution is -0.139. The highest BCUT2D eigenvalue weighted by Crippen LogP contribution is 2.27. The van der Waals surface area contributed by atoms with Crippen molar-refractivity contribution in [3.63, 3.8) is 0 Å². The van der Waals surface area contributed by atoms with Gasteiger partial charge in [0.25, 0.3) is 0 Å². The van der Waals surface area contributed by atoms with Crippen molar-refractivity contribution in [3.05, 3.63) is 36.0 Å². The lowest BCUT2D eigenvalue weighted by Crippen LogP contribution is -2.04. The molecule has 0 saturated carbocycles. The second kappa shape index (κ2) is 3.98. The third-order valence-electron chi connectivity index (χ3n) is 2.65. The molecule has 0 saturated heterocycles. The average molecular weight is 219 g/mol. The number of aryl methyl sites for hydroxylation is 1. The van der Waals surface area contributed by atoms with E-state index in [4.69, 9.17) is 5.11 Å². The number of carbonyl (C=O) groups is 1. The van der Waals surface area contributed by atoms with Crippen molar-refractivity contribution in [1.29, 1.82) is 0 Å². The van der Waals surface area contributed by atoms with E-state index in [-0.39, 0.29) is 6.42 Å². The van der Waals surface area contributed by atoms with Gasteiger partial charge in [0.1, 0.15) is 0 Å². The standard InChI is InChI=1S/C12H13NO3/c1-13-7-9(11(14)6-12(15)16)8-4-2-3-5-10(8)13/h2-5,7,11,14H,6H2,1H3,(H,15,16). The highest BCUT2D eigenvalue weighted by atomic mass is 16.4. The number of fused-ring (bicyclic) bond motifs is 1. The van der Waals surface area contributed by atoms with Crippen LogP contribution in [-0.2, 0) is 11.8 Å². The fourth-order valence-corrected chi connectivity index (χ4v) is 1.91. The van der Waals surface area contributed by atoms with Crippen LogP contribution in [0.15, 0.2) is 30.5 Å². The topological polar surface area (TPSA) is 62.5 Å². The number of nitrogens with zero attached hydrogens (tertiary/aromatic N) is 1. The molecular weight excluding hydrogens is 206 g/mol. The van der Waals surface area contributed by atoms with E-state index < -0.39 is 12.1 Å². The maximum atomic E-state index is 10.6. The van der Waals surface area contributed by atoms with E-state index in [1.165, 1.54) is 0 Å². The molecule has 0 bridgehead atoms.